The van der Waals surface area contributed by atoms with E-state index in [1.807, 2.05) is 72.9 Å². The number of aromatic nitrogens is 2. The summed E-state index contributed by atoms with van der Waals surface area (Å²) in [5.41, 5.74) is 4.66. The van der Waals surface area contributed by atoms with Crippen LogP contribution in [-0.2, 0) is 13.1 Å². The molecule has 1 aliphatic heterocycles. The van der Waals surface area contributed by atoms with Gasteiger partial charge in [0.05, 0.1) is 43.6 Å². The van der Waals surface area contributed by atoms with Gasteiger partial charge in [-0.1, -0.05) is 36.4 Å². The fourth-order valence-electron chi connectivity index (χ4n) is 5.71. The Morgan fingerprint density at radius 2 is 1.60 bits per heavy atom. The molecule has 6 rings (SSSR count). The summed E-state index contributed by atoms with van der Waals surface area (Å²) in [6, 6.07) is 25.4. The summed E-state index contributed by atoms with van der Waals surface area (Å²) in [5.74, 6) is 1.01. The molecule has 43 heavy (non-hydrogen) atoms. The molecule has 1 fully saturated rings. The molecule has 2 aromatic heterocycles. The standard InChI is InChI=1S/C34H33FN4O4/c1-42-29-10-6-23(7-11-29)20-37(21-24-8-12-30(43-2)13-9-24)34(41)31-19-36-39-15-14-27(17-33(31)39)38-22-28(40)18-32(38)25-4-3-5-26(35)16-25/h3-17,19,28,32,40H,18,20-22H2,1-2H3. The van der Waals surface area contributed by atoms with Crippen molar-refractivity contribution in [2.75, 3.05) is 25.7 Å². The van der Waals surface area contributed by atoms with E-state index in [0.29, 0.717) is 37.1 Å². The number of β-amino-alcohol motifs (C(OH)–C–C–N with tert-alkyl or cyclic N) is 1. The van der Waals surface area contributed by atoms with Crippen LogP contribution in [0.25, 0.3) is 5.52 Å². The van der Waals surface area contributed by atoms with Gasteiger partial charge in [-0.15, -0.1) is 0 Å². The second-order valence-electron chi connectivity index (χ2n) is 10.7. The molecule has 9 heteroatoms. The highest BCUT2D eigenvalue weighted by Gasteiger charge is 2.33. The van der Waals surface area contributed by atoms with Gasteiger partial charge in [0.2, 0.25) is 0 Å². The number of anilines is 1. The van der Waals surface area contributed by atoms with Crippen molar-refractivity contribution in [2.45, 2.75) is 31.7 Å². The van der Waals surface area contributed by atoms with Crippen LogP contribution in [0.2, 0.25) is 0 Å². The first kappa shape index (κ1) is 28.2. The molecule has 3 aromatic carbocycles. The molecular formula is C34H33FN4O4. The lowest BCUT2D eigenvalue weighted by molar-refractivity contribution is 0.0732. The number of pyridine rings is 1. The van der Waals surface area contributed by atoms with Crippen molar-refractivity contribution in [3.05, 3.63) is 125 Å². The Balaban J connectivity index is 1.33. The van der Waals surface area contributed by atoms with E-state index in [2.05, 4.69) is 10.00 Å². The fraction of sp³-hybridized carbons (Fsp3) is 0.235. The normalized spacial score (nSPS) is 16.4. The van der Waals surface area contributed by atoms with Gasteiger partial charge < -0.3 is 24.4 Å². The van der Waals surface area contributed by atoms with Crippen molar-refractivity contribution in [1.82, 2.24) is 14.5 Å². The number of methoxy groups -OCH3 is 2. The number of hydrogen-bond donors (Lipinski definition) is 1. The Kier molecular flexibility index (Phi) is 7.98. The maximum Gasteiger partial charge on any atom is 0.258 e. The largest absolute Gasteiger partial charge is 0.497 e. The van der Waals surface area contributed by atoms with Gasteiger partial charge in [-0.25, -0.2) is 8.91 Å². The first-order chi connectivity index (χ1) is 20.9. The Morgan fingerprint density at radius 1 is 0.953 bits per heavy atom. The number of nitrogens with zero attached hydrogens (tertiary/aromatic N) is 4. The lowest BCUT2D eigenvalue weighted by Gasteiger charge is -2.27. The van der Waals surface area contributed by atoms with Crippen LogP contribution in [-0.4, -0.2) is 52.4 Å². The number of halogens is 1. The average molecular weight is 581 g/mol. The number of rotatable bonds is 9. The summed E-state index contributed by atoms with van der Waals surface area (Å²) in [7, 11) is 3.24. The van der Waals surface area contributed by atoms with Crippen molar-refractivity contribution in [3.8, 4) is 11.5 Å². The van der Waals surface area contributed by atoms with Crippen molar-refractivity contribution in [2.24, 2.45) is 0 Å². The molecule has 1 amide bonds. The zero-order chi connectivity index (χ0) is 29.9. The lowest BCUT2D eigenvalue weighted by Crippen LogP contribution is -2.30. The molecule has 0 spiro atoms. The summed E-state index contributed by atoms with van der Waals surface area (Å²) in [5, 5.41) is 15.0. The highest BCUT2D eigenvalue weighted by Crippen LogP contribution is 2.37. The van der Waals surface area contributed by atoms with Crippen molar-refractivity contribution >= 4 is 17.1 Å². The van der Waals surface area contributed by atoms with Crippen LogP contribution in [0.15, 0.2) is 97.3 Å². The lowest BCUT2D eigenvalue weighted by atomic mass is 10.0. The van der Waals surface area contributed by atoms with Crippen LogP contribution in [0.4, 0.5) is 10.1 Å². The molecule has 0 saturated carbocycles. The molecule has 5 aromatic rings. The first-order valence-corrected chi connectivity index (χ1v) is 14.1. The van der Waals surface area contributed by atoms with E-state index in [1.165, 1.54) is 12.1 Å². The maximum absolute atomic E-state index is 14.2. The van der Waals surface area contributed by atoms with Gasteiger partial charge in [0.15, 0.2) is 0 Å². The summed E-state index contributed by atoms with van der Waals surface area (Å²) >= 11 is 0. The topological polar surface area (TPSA) is 79.5 Å². The second-order valence-corrected chi connectivity index (χ2v) is 10.7. The van der Waals surface area contributed by atoms with E-state index in [0.717, 1.165) is 33.9 Å². The number of aliphatic hydroxyl groups is 1. The highest BCUT2D eigenvalue weighted by atomic mass is 19.1. The van der Waals surface area contributed by atoms with Gasteiger partial charge in [0, 0.05) is 31.5 Å². The van der Waals surface area contributed by atoms with Gasteiger partial charge in [-0.05, 0) is 71.6 Å². The van der Waals surface area contributed by atoms with Crippen molar-refractivity contribution < 1.29 is 23.8 Å². The zero-order valence-electron chi connectivity index (χ0n) is 24.1. The summed E-state index contributed by atoms with van der Waals surface area (Å²) in [6.07, 6.45) is 3.34. The maximum atomic E-state index is 14.2. The van der Waals surface area contributed by atoms with Gasteiger partial charge in [0.25, 0.3) is 5.91 Å². The molecule has 1 N–H and O–H groups in total. The van der Waals surface area contributed by atoms with E-state index in [4.69, 9.17) is 9.47 Å². The smallest absolute Gasteiger partial charge is 0.258 e. The minimum absolute atomic E-state index is 0.165. The van der Waals surface area contributed by atoms with E-state index in [-0.39, 0.29) is 17.8 Å². The molecule has 0 aliphatic carbocycles. The van der Waals surface area contributed by atoms with Crippen molar-refractivity contribution in [1.29, 1.82) is 0 Å². The van der Waals surface area contributed by atoms with E-state index in [9.17, 15) is 14.3 Å². The van der Waals surface area contributed by atoms with Crippen LogP contribution in [0.1, 0.15) is 39.5 Å². The first-order valence-electron chi connectivity index (χ1n) is 14.1. The van der Waals surface area contributed by atoms with Crippen LogP contribution in [0.5, 0.6) is 11.5 Å². The van der Waals surface area contributed by atoms with E-state index >= 15 is 0 Å². The number of amides is 1. The van der Waals surface area contributed by atoms with Crippen LogP contribution >= 0.6 is 0 Å². The predicted octanol–water partition coefficient (Wildman–Crippen LogP) is 5.65. The molecule has 0 bridgehead atoms. The molecule has 0 radical (unpaired) electrons. The summed E-state index contributed by atoms with van der Waals surface area (Å²) in [4.78, 5) is 18.1. The number of carbonyl (C=O) groups is 1. The minimum Gasteiger partial charge on any atom is -0.497 e. The minimum atomic E-state index is -0.556. The van der Waals surface area contributed by atoms with Crippen LogP contribution < -0.4 is 14.4 Å². The fourth-order valence-corrected chi connectivity index (χ4v) is 5.71. The third-order valence-corrected chi connectivity index (χ3v) is 7.93. The molecule has 2 unspecified atom stereocenters. The molecule has 220 valence electrons. The van der Waals surface area contributed by atoms with Crippen molar-refractivity contribution in [3.63, 3.8) is 0 Å². The Morgan fingerprint density at radius 3 is 2.21 bits per heavy atom. The average Bonchev–Trinajstić information content (AvgIpc) is 3.64. The Hall–Kier alpha value is -4.89. The molecular weight excluding hydrogens is 547 g/mol. The number of hydrogen-bond acceptors (Lipinski definition) is 6. The Labute approximate surface area is 249 Å². The number of benzene rings is 3. The monoisotopic (exact) mass is 580 g/mol. The van der Waals surface area contributed by atoms with E-state index < -0.39 is 6.10 Å². The highest BCUT2D eigenvalue weighted by molar-refractivity contribution is 6.01. The summed E-state index contributed by atoms with van der Waals surface area (Å²) in [6.45, 7) is 1.16. The molecule has 3 heterocycles. The van der Waals surface area contributed by atoms with Gasteiger partial charge in [-0.3, -0.25) is 4.79 Å². The molecule has 8 nitrogen and oxygen atoms in total. The van der Waals surface area contributed by atoms with Gasteiger partial charge in [-0.2, -0.15) is 5.10 Å². The predicted molar refractivity (Wildman–Crippen MR) is 162 cm³/mol. The second kappa shape index (κ2) is 12.1. The SMILES string of the molecule is COc1ccc(CN(Cc2ccc(OC)cc2)C(=O)c2cnn3ccc(N4CC(O)CC4c4cccc(F)c4)cc23)cc1. The number of ether oxygens (including phenoxy) is 2. The van der Waals surface area contributed by atoms with E-state index in [1.54, 1.807) is 35.9 Å². The number of carbonyl (C=O) groups excluding carboxylic acids is 1. The molecule has 1 saturated heterocycles. The number of fused-ring (bicyclic) bond motifs is 1. The quantitative estimate of drug-likeness (QED) is 0.243. The summed E-state index contributed by atoms with van der Waals surface area (Å²) < 4.78 is 26.4. The Bertz CT molecular complexity index is 1670. The third-order valence-electron chi connectivity index (χ3n) is 7.93. The zero-order valence-corrected chi connectivity index (χ0v) is 24.1. The number of aliphatic hydroxyl groups excluding tert-OH is 1. The third kappa shape index (κ3) is 6.03. The molecule has 1 aliphatic rings. The molecule has 2 atom stereocenters. The van der Waals surface area contributed by atoms with Gasteiger partial charge in [0.1, 0.15) is 17.3 Å². The van der Waals surface area contributed by atoms with Gasteiger partial charge >= 0.3 is 0 Å². The van der Waals surface area contributed by atoms with Crippen LogP contribution in [0.3, 0.4) is 0 Å². The van der Waals surface area contributed by atoms with Crippen LogP contribution in [0, 0.1) is 5.82 Å².